The van der Waals surface area contributed by atoms with E-state index in [2.05, 4.69) is 6.07 Å². The summed E-state index contributed by atoms with van der Waals surface area (Å²) in [4.78, 5) is 12.6. The van der Waals surface area contributed by atoms with Gasteiger partial charge in [-0.3, -0.25) is 4.79 Å². The number of Topliss-reactive ketones (excluding diaryl/α,β-unsaturated/α-hetero) is 1. The second kappa shape index (κ2) is 6.55. The second-order valence-electron chi connectivity index (χ2n) is 5.90. The van der Waals surface area contributed by atoms with Crippen LogP contribution >= 0.6 is 0 Å². The van der Waals surface area contributed by atoms with E-state index < -0.39 is 0 Å². The van der Waals surface area contributed by atoms with Crippen molar-refractivity contribution in [2.45, 2.75) is 20.4 Å². The molecule has 0 fully saturated rings. The van der Waals surface area contributed by atoms with E-state index in [0.29, 0.717) is 11.1 Å². The zero-order valence-electron chi connectivity index (χ0n) is 13.8. The van der Waals surface area contributed by atoms with Crippen LogP contribution in [0.4, 0.5) is 0 Å². The molecule has 0 unspecified atom stereocenters. The predicted octanol–water partition coefficient (Wildman–Crippen LogP) is 4.53. The Morgan fingerprint density at radius 3 is 2.33 bits per heavy atom. The number of nitrogens with zero attached hydrogens (tertiary/aromatic N) is 2. The number of carbonyl (C=O) groups is 1. The first-order chi connectivity index (χ1) is 11.6. The lowest BCUT2D eigenvalue weighted by Crippen LogP contribution is -2.12. The summed E-state index contributed by atoms with van der Waals surface area (Å²) in [5.41, 5.74) is 5.10. The van der Waals surface area contributed by atoms with E-state index in [1.165, 1.54) is 0 Å². The molecule has 0 atom stereocenters. The van der Waals surface area contributed by atoms with Crippen molar-refractivity contribution in [3.63, 3.8) is 0 Å². The summed E-state index contributed by atoms with van der Waals surface area (Å²) >= 11 is 0. The van der Waals surface area contributed by atoms with Gasteiger partial charge in [-0.25, -0.2) is 0 Å². The smallest absolute Gasteiger partial charge is 0.182 e. The molecule has 0 saturated heterocycles. The lowest BCUT2D eigenvalue weighted by atomic mass is 10.1. The molecular formula is C21H18N2O. The van der Waals surface area contributed by atoms with E-state index in [4.69, 9.17) is 0 Å². The number of benzene rings is 2. The zero-order valence-corrected chi connectivity index (χ0v) is 13.8. The summed E-state index contributed by atoms with van der Waals surface area (Å²) in [6.07, 6.45) is 0. The van der Waals surface area contributed by atoms with E-state index in [-0.39, 0.29) is 12.3 Å². The highest BCUT2D eigenvalue weighted by Gasteiger charge is 2.17. The van der Waals surface area contributed by atoms with Gasteiger partial charge in [-0.2, -0.15) is 5.26 Å². The fourth-order valence-corrected chi connectivity index (χ4v) is 2.85. The van der Waals surface area contributed by atoms with E-state index in [0.717, 1.165) is 22.5 Å². The Labute approximate surface area is 141 Å². The van der Waals surface area contributed by atoms with Gasteiger partial charge < -0.3 is 4.57 Å². The molecule has 0 bridgehead atoms. The summed E-state index contributed by atoms with van der Waals surface area (Å²) in [7, 11) is 0. The van der Waals surface area contributed by atoms with Gasteiger partial charge in [0.05, 0.1) is 17.8 Å². The fourth-order valence-electron chi connectivity index (χ4n) is 2.85. The number of aryl methyl sites for hydroxylation is 2. The van der Waals surface area contributed by atoms with Crippen LogP contribution in [0.25, 0.3) is 11.3 Å². The largest absolute Gasteiger partial charge is 0.336 e. The third-order valence-electron chi connectivity index (χ3n) is 4.15. The van der Waals surface area contributed by atoms with Gasteiger partial charge in [-0.15, -0.1) is 0 Å². The molecule has 3 nitrogen and oxygen atoms in total. The molecule has 3 aromatic rings. The molecular weight excluding hydrogens is 296 g/mol. The highest BCUT2D eigenvalue weighted by Crippen LogP contribution is 2.28. The molecule has 1 aromatic heterocycles. The number of ketones is 1. The quantitative estimate of drug-likeness (QED) is 0.664. The summed E-state index contributed by atoms with van der Waals surface area (Å²) in [6, 6.07) is 21.4. The monoisotopic (exact) mass is 314 g/mol. The minimum Gasteiger partial charge on any atom is -0.336 e. The lowest BCUT2D eigenvalue weighted by molar-refractivity contribution is 0.0972. The molecule has 0 spiro atoms. The topological polar surface area (TPSA) is 45.8 Å². The van der Waals surface area contributed by atoms with Gasteiger partial charge in [-0.05, 0) is 25.5 Å². The third kappa shape index (κ3) is 3.00. The first-order valence-corrected chi connectivity index (χ1v) is 7.85. The highest BCUT2D eigenvalue weighted by molar-refractivity contribution is 5.96. The molecule has 1 heterocycles. The molecule has 0 aliphatic rings. The van der Waals surface area contributed by atoms with Crippen LogP contribution in [0.3, 0.4) is 0 Å². The van der Waals surface area contributed by atoms with Crippen LogP contribution in [0, 0.1) is 25.2 Å². The SMILES string of the molecule is Cc1ccc(-c2c(C#N)cc(C)n2CC(=O)c2ccccc2)cc1. The van der Waals surface area contributed by atoms with Gasteiger partial charge in [0.1, 0.15) is 6.07 Å². The maximum Gasteiger partial charge on any atom is 0.182 e. The molecule has 0 saturated carbocycles. The fraction of sp³-hybridized carbons (Fsp3) is 0.143. The molecule has 0 aliphatic carbocycles. The predicted molar refractivity (Wildman–Crippen MR) is 94.8 cm³/mol. The minimum atomic E-state index is 0.0344. The van der Waals surface area contributed by atoms with Gasteiger partial charge in [0.25, 0.3) is 0 Å². The highest BCUT2D eigenvalue weighted by atomic mass is 16.1. The Kier molecular flexibility index (Phi) is 4.31. The molecule has 3 heteroatoms. The summed E-state index contributed by atoms with van der Waals surface area (Å²) in [5, 5.41) is 9.48. The van der Waals surface area contributed by atoms with Crippen molar-refractivity contribution in [1.82, 2.24) is 4.57 Å². The van der Waals surface area contributed by atoms with Crippen molar-refractivity contribution in [2.75, 3.05) is 0 Å². The number of nitriles is 1. The minimum absolute atomic E-state index is 0.0344. The summed E-state index contributed by atoms with van der Waals surface area (Å²) < 4.78 is 1.93. The number of hydrogen-bond donors (Lipinski definition) is 0. The molecule has 0 radical (unpaired) electrons. The van der Waals surface area contributed by atoms with Crippen molar-refractivity contribution in [1.29, 1.82) is 5.26 Å². The molecule has 2 aromatic carbocycles. The van der Waals surface area contributed by atoms with Gasteiger partial charge >= 0.3 is 0 Å². The first-order valence-electron chi connectivity index (χ1n) is 7.85. The maximum absolute atomic E-state index is 12.6. The van der Waals surface area contributed by atoms with Crippen LogP contribution in [0.15, 0.2) is 60.7 Å². The Bertz CT molecular complexity index is 913. The number of hydrogen-bond acceptors (Lipinski definition) is 2. The third-order valence-corrected chi connectivity index (χ3v) is 4.15. The van der Waals surface area contributed by atoms with Crippen LogP contribution in [-0.2, 0) is 6.54 Å². The number of carbonyl (C=O) groups excluding carboxylic acids is 1. The van der Waals surface area contributed by atoms with Crippen LogP contribution in [-0.4, -0.2) is 10.4 Å². The molecule has 0 amide bonds. The van der Waals surface area contributed by atoms with Crippen molar-refractivity contribution < 1.29 is 4.79 Å². The van der Waals surface area contributed by atoms with Crippen molar-refractivity contribution in [2.24, 2.45) is 0 Å². The summed E-state index contributed by atoms with van der Waals surface area (Å²) in [6.45, 7) is 4.18. The maximum atomic E-state index is 12.6. The normalized spacial score (nSPS) is 10.4. The van der Waals surface area contributed by atoms with Crippen LogP contribution in [0.2, 0.25) is 0 Å². The lowest BCUT2D eigenvalue weighted by Gasteiger charge is -2.12. The molecule has 24 heavy (non-hydrogen) atoms. The molecule has 118 valence electrons. The van der Waals surface area contributed by atoms with Crippen LogP contribution in [0.5, 0.6) is 0 Å². The van der Waals surface area contributed by atoms with Gasteiger partial charge in [0.2, 0.25) is 0 Å². The average molecular weight is 314 g/mol. The van der Waals surface area contributed by atoms with Gasteiger partial charge in [0.15, 0.2) is 5.78 Å². The van der Waals surface area contributed by atoms with Gasteiger partial charge in [0, 0.05) is 11.3 Å². The van der Waals surface area contributed by atoms with E-state index in [1.54, 1.807) is 0 Å². The number of rotatable bonds is 4. The number of aromatic nitrogens is 1. The Hall–Kier alpha value is -3.12. The van der Waals surface area contributed by atoms with Crippen LogP contribution < -0.4 is 0 Å². The first kappa shape index (κ1) is 15.8. The standard InChI is InChI=1S/C21H18N2O/c1-15-8-10-18(11-9-15)21-19(13-22)12-16(2)23(21)14-20(24)17-6-4-3-5-7-17/h3-12H,14H2,1-2H3. The molecule has 0 N–H and O–H groups in total. The Morgan fingerprint density at radius 2 is 1.71 bits per heavy atom. The van der Waals surface area contributed by atoms with Crippen molar-refractivity contribution in [3.05, 3.63) is 83.0 Å². The van der Waals surface area contributed by atoms with Gasteiger partial charge in [-0.1, -0.05) is 60.2 Å². The molecule has 0 aliphatic heterocycles. The van der Waals surface area contributed by atoms with Crippen molar-refractivity contribution >= 4 is 5.78 Å². The van der Waals surface area contributed by atoms with E-state index in [1.807, 2.05) is 79.1 Å². The van der Waals surface area contributed by atoms with E-state index in [9.17, 15) is 10.1 Å². The van der Waals surface area contributed by atoms with Crippen molar-refractivity contribution in [3.8, 4) is 17.3 Å². The Balaban J connectivity index is 2.05. The second-order valence-corrected chi connectivity index (χ2v) is 5.90. The van der Waals surface area contributed by atoms with Crippen LogP contribution in [0.1, 0.15) is 27.2 Å². The molecule has 3 rings (SSSR count). The zero-order chi connectivity index (χ0) is 17.1. The Morgan fingerprint density at radius 1 is 1.04 bits per heavy atom. The van der Waals surface area contributed by atoms with E-state index >= 15 is 0 Å². The average Bonchev–Trinajstić information content (AvgIpc) is 2.92. The summed E-state index contributed by atoms with van der Waals surface area (Å²) in [5.74, 6) is 0.0344.